The first kappa shape index (κ1) is 21.1. The number of rotatable bonds is 2. The molecule has 26 heavy (non-hydrogen) atoms. The van der Waals surface area contributed by atoms with Crippen LogP contribution in [0.2, 0.25) is 0 Å². The van der Waals surface area contributed by atoms with Gasteiger partial charge in [-0.2, -0.15) is 4.39 Å². The van der Waals surface area contributed by atoms with Gasteiger partial charge in [0.05, 0.1) is 6.26 Å². The molecular formula is C21H27FN2O2. The van der Waals surface area contributed by atoms with Crippen LogP contribution in [0.1, 0.15) is 33.5 Å². The van der Waals surface area contributed by atoms with E-state index in [-0.39, 0.29) is 0 Å². The van der Waals surface area contributed by atoms with Gasteiger partial charge >= 0.3 is 0 Å². The van der Waals surface area contributed by atoms with E-state index in [0.29, 0.717) is 0 Å². The molecular weight excluding hydrogens is 331 g/mol. The van der Waals surface area contributed by atoms with Crippen molar-refractivity contribution in [2.45, 2.75) is 34.6 Å². The van der Waals surface area contributed by atoms with E-state index in [0.717, 1.165) is 28.3 Å². The van der Waals surface area contributed by atoms with Crippen molar-refractivity contribution < 1.29 is 13.2 Å². The number of aromatic nitrogens is 2. The first-order valence-corrected chi connectivity index (χ1v) is 8.79. The highest BCUT2D eigenvalue weighted by Gasteiger charge is 2.02. The number of hydrogen-bond donors (Lipinski definition) is 2. The van der Waals surface area contributed by atoms with Gasteiger partial charge in [0, 0.05) is 41.0 Å². The number of aromatic amines is 2. The van der Waals surface area contributed by atoms with Gasteiger partial charge in [-0.25, -0.2) is 0 Å². The molecule has 4 aromatic rings. The normalized spacial score (nSPS) is 9.15. The predicted octanol–water partition coefficient (Wildman–Crippen LogP) is 7.05. The summed E-state index contributed by atoms with van der Waals surface area (Å²) in [5.74, 6) is 0.939. The molecule has 0 fully saturated rings. The summed E-state index contributed by atoms with van der Waals surface area (Å²) in [6.07, 6.45) is 6.81. The predicted molar refractivity (Wildman–Crippen MR) is 104 cm³/mol. The summed E-state index contributed by atoms with van der Waals surface area (Å²) in [5.41, 5.74) is 3.79. The lowest BCUT2D eigenvalue weighted by Gasteiger charge is -1.86. The molecule has 4 rings (SSSR count). The van der Waals surface area contributed by atoms with E-state index < -0.39 is 6.01 Å². The van der Waals surface area contributed by atoms with Crippen LogP contribution in [0.15, 0.2) is 70.2 Å². The minimum absolute atomic E-state index is 0.561. The maximum Gasteiger partial charge on any atom is 0.278 e. The van der Waals surface area contributed by atoms with E-state index in [1.807, 2.05) is 71.1 Å². The molecule has 140 valence electrons. The number of hydrogen-bond acceptors (Lipinski definition) is 2. The Bertz CT molecular complexity index is 742. The molecule has 5 heteroatoms. The Balaban J connectivity index is 0.000000219. The van der Waals surface area contributed by atoms with Gasteiger partial charge in [0.25, 0.3) is 6.01 Å². The highest BCUT2D eigenvalue weighted by molar-refractivity contribution is 5.58. The van der Waals surface area contributed by atoms with E-state index in [4.69, 9.17) is 4.42 Å². The van der Waals surface area contributed by atoms with Gasteiger partial charge in [-0.3, -0.25) is 0 Å². The van der Waals surface area contributed by atoms with Crippen LogP contribution >= 0.6 is 0 Å². The largest absolute Gasteiger partial charge is 0.469 e. The van der Waals surface area contributed by atoms with Gasteiger partial charge in [-0.05, 0) is 37.3 Å². The van der Waals surface area contributed by atoms with Crippen molar-refractivity contribution in [1.29, 1.82) is 0 Å². The van der Waals surface area contributed by atoms with Crippen LogP contribution in [-0.4, -0.2) is 9.97 Å². The Morgan fingerprint density at radius 3 is 1.62 bits per heavy atom. The summed E-state index contributed by atoms with van der Waals surface area (Å²) in [6.45, 7) is 9.94. The first-order valence-electron chi connectivity index (χ1n) is 8.79. The molecule has 0 saturated heterocycles. The van der Waals surface area contributed by atoms with Crippen LogP contribution in [0.4, 0.5) is 4.39 Å². The summed E-state index contributed by atoms with van der Waals surface area (Å²) in [5, 5.41) is 0. The highest BCUT2D eigenvalue weighted by Crippen LogP contribution is 2.19. The second kappa shape index (κ2) is 11.6. The summed E-state index contributed by atoms with van der Waals surface area (Å²) in [4.78, 5) is 6.05. The SMILES string of the molecule is CC.CC.Cc1cc(-c2ccc[nH]2)co1.Fc1cc(-c2ccc[nH]2)co1. The molecule has 0 aliphatic heterocycles. The van der Waals surface area contributed by atoms with Crippen LogP contribution in [-0.2, 0) is 0 Å². The monoisotopic (exact) mass is 358 g/mol. The van der Waals surface area contributed by atoms with Crippen molar-refractivity contribution >= 4 is 0 Å². The Labute approximate surface area is 154 Å². The van der Waals surface area contributed by atoms with Crippen LogP contribution in [0.3, 0.4) is 0 Å². The maximum atomic E-state index is 12.3. The fraction of sp³-hybridized carbons (Fsp3) is 0.238. The molecule has 0 radical (unpaired) electrons. The maximum absolute atomic E-state index is 12.3. The molecule has 4 nitrogen and oxygen atoms in total. The average Bonchev–Trinajstić information content (AvgIpc) is 3.46. The lowest BCUT2D eigenvalue weighted by atomic mass is 10.2. The summed E-state index contributed by atoms with van der Waals surface area (Å²) in [6, 6.07) is 10.5. The number of H-pyrrole nitrogens is 2. The average molecular weight is 358 g/mol. The quantitative estimate of drug-likeness (QED) is 0.403. The number of furan rings is 2. The Kier molecular flexibility index (Phi) is 9.39. The van der Waals surface area contributed by atoms with Crippen LogP contribution in [0.5, 0.6) is 0 Å². The van der Waals surface area contributed by atoms with Crippen LogP contribution in [0, 0.1) is 12.9 Å². The molecule has 4 aromatic heterocycles. The van der Waals surface area contributed by atoms with Gasteiger partial charge in [0.1, 0.15) is 12.0 Å². The van der Waals surface area contributed by atoms with Gasteiger partial charge < -0.3 is 18.8 Å². The van der Waals surface area contributed by atoms with Crippen LogP contribution < -0.4 is 0 Å². The van der Waals surface area contributed by atoms with Crippen molar-refractivity contribution in [2.75, 3.05) is 0 Å². The second-order valence-corrected chi connectivity index (χ2v) is 4.75. The van der Waals surface area contributed by atoms with Crippen LogP contribution in [0.25, 0.3) is 22.5 Å². The van der Waals surface area contributed by atoms with E-state index in [1.165, 1.54) is 12.3 Å². The third-order valence-electron chi connectivity index (χ3n) is 3.12. The standard InChI is InChI=1S/C9H9NO.C8H6FNO.2C2H6/c1-7-5-8(6-11-7)9-3-2-4-10-9;9-8-4-6(5-11-8)7-2-1-3-10-7;2*1-2/h2-6,10H,1H3;1-5,10H;2*1-2H3. The third-order valence-corrected chi connectivity index (χ3v) is 3.12. The molecule has 0 aromatic carbocycles. The van der Waals surface area contributed by atoms with Gasteiger partial charge in [-0.1, -0.05) is 27.7 Å². The summed E-state index contributed by atoms with van der Waals surface area (Å²) >= 11 is 0. The first-order chi connectivity index (χ1) is 12.7. The zero-order chi connectivity index (χ0) is 19.4. The molecule has 0 aliphatic carbocycles. The smallest absolute Gasteiger partial charge is 0.278 e. The number of aryl methyl sites for hydroxylation is 1. The minimum atomic E-state index is -0.561. The van der Waals surface area contributed by atoms with Crippen molar-refractivity contribution in [3.05, 3.63) is 73.1 Å². The molecule has 4 heterocycles. The lowest BCUT2D eigenvalue weighted by Crippen LogP contribution is -1.69. The Hall–Kier alpha value is -2.95. The lowest BCUT2D eigenvalue weighted by molar-refractivity contribution is 0.359. The molecule has 0 saturated carbocycles. The molecule has 0 atom stereocenters. The molecule has 0 unspecified atom stereocenters. The fourth-order valence-electron chi connectivity index (χ4n) is 2.06. The Morgan fingerprint density at radius 2 is 1.27 bits per heavy atom. The molecule has 0 spiro atoms. The van der Waals surface area contributed by atoms with E-state index in [9.17, 15) is 4.39 Å². The molecule has 2 N–H and O–H groups in total. The molecule has 0 aliphatic rings. The van der Waals surface area contributed by atoms with Crippen molar-refractivity contribution in [3.63, 3.8) is 0 Å². The highest BCUT2D eigenvalue weighted by atomic mass is 19.1. The zero-order valence-electron chi connectivity index (χ0n) is 16.0. The Morgan fingerprint density at radius 1 is 0.769 bits per heavy atom. The van der Waals surface area contributed by atoms with Gasteiger partial charge in [-0.15, -0.1) is 0 Å². The van der Waals surface area contributed by atoms with E-state index >= 15 is 0 Å². The third kappa shape index (κ3) is 6.16. The summed E-state index contributed by atoms with van der Waals surface area (Å²) in [7, 11) is 0. The van der Waals surface area contributed by atoms with Crippen molar-refractivity contribution in [2.24, 2.45) is 0 Å². The number of nitrogens with one attached hydrogen (secondary N) is 2. The molecule has 0 amide bonds. The van der Waals surface area contributed by atoms with Gasteiger partial charge in [0.15, 0.2) is 0 Å². The topological polar surface area (TPSA) is 57.9 Å². The molecule has 0 bridgehead atoms. The fourth-order valence-corrected chi connectivity index (χ4v) is 2.06. The minimum Gasteiger partial charge on any atom is -0.469 e. The van der Waals surface area contributed by atoms with Gasteiger partial charge in [0.2, 0.25) is 0 Å². The second-order valence-electron chi connectivity index (χ2n) is 4.75. The van der Waals surface area contributed by atoms with E-state index in [1.54, 1.807) is 12.5 Å². The van der Waals surface area contributed by atoms with Crippen molar-refractivity contribution in [3.8, 4) is 22.5 Å². The van der Waals surface area contributed by atoms with Crippen molar-refractivity contribution in [1.82, 2.24) is 9.97 Å². The summed E-state index contributed by atoms with van der Waals surface area (Å²) < 4.78 is 22.0. The zero-order valence-corrected chi connectivity index (χ0v) is 16.0. The number of halogens is 1. The van der Waals surface area contributed by atoms with E-state index in [2.05, 4.69) is 14.4 Å².